The van der Waals surface area contributed by atoms with Gasteiger partial charge >= 0.3 is 16.5 Å². The monoisotopic (exact) mass is 1150 g/mol. The zero-order valence-electron chi connectivity index (χ0n) is 54.9. The van der Waals surface area contributed by atoms with Crippen LogP contribution < -0.4 is 0 Å². The molecule has 2 aromatic rings. The van der Waals surface area contributed by atoms with Crippen LogP contribution in [0.4, 0.5) is 0 Å². The normalized spacial score (nSPS) is 12.7. The maximum absolute atomic E-state index is 12.7. The van der Waals surface area contributed by atoms with Crippen LogP contribution in [0.25, 0.3) is 16.9 Å². The molecule has 3 rings (SSSR count). The zero-order valence-corrected chi connectivity index (χ0v) is 57.9. The minimum Gasteiger partial charge on any atom is -0.493 e. The number of rotatable bonds is 43. The van der Waals surface area contributed by atoms with Crippen LogP contribution in [0.1, 0.15) is 328 Å². The number of nitrogens with zero attached hydrogens (tertiary/aromatic N) is 2. The number of allylic oxidation sites excluding steroid dienone is 2. The quantitative estimate of drug-likeness (QED) is 0.0274. The number of hydrogen-bond donors (Lipinski definition) is 0. The molecule has 0 fully saturated rings. The molecule has 1 aliphatic rings. The summed E-state index contributed by atoms with van der Waals surface area (Å²) in [6.45, 7) is 41.0. The van der Waals surface area contributed by atoms with Crippen LogP contribution in [0.5, 0.6) is 0 Å². The largest absolute Gasteiger partial charge is 2.00 e. The molecule has 0 aromatic heterocycles. The topological polar surface area (TPSA) is 25.3 Å². The fourth-order valence-electron chi connectivity index (χ4n) is 12.3. The minimum absolute atomic E-state index is 0. The molecular formula is C73H132N2NiSi2. The van der Waals surface area contributed by atoms with Gasteiger partial charge in [-0.15, -0.1) is 0 Å². The Kier molecular flexibility index (Phi) is 45.9. The first-order valence-corrected chi connectivity index (χ1v) is 39.9. The van der Waals surface area contributed by atoms with E-state index in [0.29, 0.717) is 0 Å². The van der Waals surface area contributed by atoms with Gasteiger partial charge in [0.2, 0.25) is 11.4 Å². The van der Waals surface area contributed by atoms with Gasteiger partial charge in [0.1, 0.15) is 0 Å². The maximum atomic E-state index is 12.7. The molecule has 452 valence electrons. The van der Waals surface area contributed by atoms with Crippen molar-refractivity contribution in [3.8, 4) is 0 Å². The molecule has 0 spiro atoms. The summed E-state index contributed by atoms with van der Waals surface area (Å²) in [7, 11) is -2.79. The summed E-state index contributed by atoms with van der Waals surface area (Å²) in [5.74, 6) is 0. The van der Waals surface area contributed by atoms with E-state index in [4.69, 9.17) is 0 Å². The second-order valence-corrected chi connectivity index (χ2v) is 35.3. The Morgan fingerprint density at radius 1 is 0.359 bits per heavy atom. The molecule has 0 saturated heterocycles. The summed E-state index contributed by atoms with van der Waals surface area (Å²) < 4.78 is 1.68. The zero-order chi connectivity index (χ0) is 57.3. The molecule has 0 unspecified atom stereocenters. The van der Waals surface area contributed by atoms with E-state index in [-0.39, 0.29) is 16.5 Å². The van der Waals surface area contributed by atoms with Crippen LogP contribution in [0, 0.1) is 13.8 Å². The van der Waals surface area contributed by atoms with Gasteiger partial charge in [-0.05, 0) is 141 Å². The van der Waals surface area contributed by atoms with Gasteiger partial charge in [0.15, 0.2) is 0 Å². The van der Waals surface area contributed by atoms with Crippen molar-refractivity contribution in [3.63, 3.8) is 0 Å². The Bertz CT molecular complexity index is 1790. The molecule has 0 radical (unpaired) electrons. The van der Waals surface area contributed by atoms with Gasteiger partial charge < -0.3 is 19.4 Å². The van der Waals surface area contributed by atoms with E-state index in [1.54, 1.807) is 38.1 Å². The molecule has 0 N–H and O–H groups in total. The van der Waals surface area contributed by atoms with Gasteiger partial charge in [-0.25, -0.2) is 4.70 Å². The summed E-state index contributed by atoms with van der Waals surface area (Å²) >= 11 is 0. The van der Waals surface area contributed by atoms with Gasteiger partial charge in [-0.1, -0.05) is 261 Å². The summed E-state index contributed by atoms with van der Waals surface area (Å²) in [4.78, 5) is 0. The molecule has 0 atom stereocenters. The summed E-state index contributed by atoms with van der Waals surface area (Å²) in [6.07, 6.45) is 42.4. The van der Waals surface area contributed by atoms with Crippen molar-refractivity contribution in [3.05, 3.63) is 99.3 Å². The summed E-state index contributed by atoms with van der Waals surface area (Å²) in [5, 5.41) is 0. The fraction of sp³-hybridized carbons (Fsp3) is 0.753. The van der Waals surface area contributed by atoms with Crippen molar-refractivity contribution >= 4 is 27.5 Å². The molecule has 78 heavy (non-hydrogen) atoms. The molecule has 0 amide bonds. The van der Waals surface area contributed by atoms with Crippen molar-refractivity contribution in [2.24, 2.45) is 0 Å². The van der Waals surface area contributed by atoms with Gasteiger partial charge in [0.05, 0.1) is 16.1 Å². The van der Waals surface area contributed by atoms with Gasteiger partial charge in [-0.3, -0.25) is 0 Å². The van der Waals surface area contributed by atoms with E-state index in [1.165, 1.54) is 225 Å². The average Bonchev–Trinajstić information content (AvgIpc) is 3.75. The maximum Gasteiger partial charge on any atom is 2.00 e. The van der Waals surface area contributed by atoms with Crippen LogP contribution in [0.2, 0.25) is 36.3 Å². The second-order valence-electron chi connectivity index (χ2n) is 24.3. The molecule has 1 aliphatic heterocycles. The van der Waals surface area contributed by atoms with E-state index < -0.39 is 16.1 Å². The van der Waals surface area contributed by atoms with Crippen LogP contribution in [-0.2, 0) is 54.3 Å². The number of benzene rings is 2. The molecule has 2 nitrogen and oxygen atoms in total. The SMILES string of the molecule is CCCCC1=C(c2cc(CCCC)c(C[Si](CC)(CC)CC)c(CCCC)c2)[N+](=[N-])C(c2cc(CCCC)c(C[Si](CC)(CC)CC)c(CCCC)c2)=C1C.[CH2-]CCCCCCCCCC.[CH2-]CCCCCCCCCC.[Ni+2]. The minimum atomic E-state index is -1.39. The van der Waals surface area contributed by atoms with Crippen LogP contribution in [0.15, 0.2) is 35.4 Å². The Morgan fingerprint density at radius 2 is 0.615 bits per heavy atom. The first-order chi connectivity index (χ1) is 37.4. The third kappa shape index (κ3) is 26.8. The number of aryl methyl sites for hydroxylation is 4. The molecule has 1 heterocycles. The third-order valence-electron chi connectivity index (χ3n) is 18.7. The smallest absolute Gasteiger partial charge is 0.493 e. The fourth-order valence-corrected chi connectivity index (χ4v) is 19.2. The second kappa shape index (κ2) is 46.9. The Morgan fingerprint density at radius 3 is 0.885 bits per heavy atom. The standard InChI is InChI=1S/C51H86N2Si2.2C11H23.Ni/c1-13-24-29-41-34-45(35-42(30-25-14-2)48(41)38-54(18-6,19-7)20-8)50-40(12)47(33-28-17-5)51(53(50)52)46-36-43(31-26-15-3)49(44(37-46)32-27-16-4)39-55(21-9,22-10)23-11;2*1-3-5-7-9-11-10-8-6-4-2;/h34-37H,13-33,38-39H2,1-12H3;2*1,3-11H2,2H3;/q;2*-1;+2. The number of unbranched alkanes of at least 4 members (excludes halogenated alkanes) is 21. The van der Waals surface area contributed by atoms with E-state index in [9.17, 15) is 5.53 Å². The first kappa shape index (κ1) is 76.4. The van der Waals surface area contributed by atoms with Crippen LogP contribution >= 0.6 is 0 Å². The molecular weight excluding hydrogens is 1020 g/mol. The van der Waals surface area contributed by atoms with Crippen molar-refractivity contribution < 1.29 is 21.2 Å². The summed E-state index contributed by atoms with van der Waals surface area (Å²) in [5.41, 5.74) is 29.6. The molecule has 0 aliphatic carbocycles. The molecule has 0 saturated carbocycles. The summed E-state index contributed by atoms with van der Waals surface area (Å²) in [6, 6.07) is 21.0. The van der Waals surface area contributed by atoms with Crippen molar-refractivity contribution in [1.82, 2.24) is 0 Å². The Hall–Kier alpha value is -1.55. The van der Waals surface area contributed by atoms with Gasteiger partial charge in [-0.2, -0.15) is 12.8 Å². The van der Waals surface area contributed by atoms with Crippen LogP contribution in [0.3, 0.4) is 0 Å². The molecule has 5 heteroatoms. The van der Waals surface area contributed by atoms with Gasteiger partial charge in [0, 0.05) is 22.3 Å². The Labute approximate surface area is 502 Å². The first-order valence-electron chi connectivity index (χ1n) is 34.2. The number of hydrogen-bond acceptors (Lipinski definition) is 0. The third-order valence-corrected chi connectivity index (χ3v) is 29.9. The van der Waals surface area contributed by atoms with Crippen molar-refractivity contribution in [1.29, 1.82) is 0 Å². The molecule has 0 bridgehead atoms. The van der Waals surface area contributed by atoms with Gasteiger partial charge in [0.25, 0.3) is 0 Å². The van der Waals surface area contributed by atoms with Crippen molar-refractivity contribution in [2.45, 2.75) is 357 Å². The molecule has 2 aromatic carbocycles. The van der Waals surface area contributed by atoms with E-state index >= 15 is 0 Å². The van der Waals surface area contributed by atoms with Crippen LogP contribution in [-0.4, -0.2) is 20.8 Å². The Balaban J connectivity index is 0.00000214. The predicted molar refractivity (Wildman–Crippen MR) is 357 cm³/mol. The average molecular weight is 1150 g/mol. The van der Waals surface area contributed by atoms with E-state index in [2.05, 4.69) is 135 Å². The van der Waals surface area contributed by atoms with Crippen molar-refractivity contribution in [2.75, 3.05) is 0 Å². The predicted octanol–water partition coefficient (Wildman–Crippen LogP) is 25.3. The van der Waals surface area contributed by atoms with E-state index in [0.717, 1.165) is 69.2 Å². The van der Waals surface area contributed by atoms with E-state index in [1.807, 2.05) is 0 Å².